The molecule has 0 fully saturated rings. The molecule has 3 rings (SSSR count). The molecule has 24 heavy (non-hydrogen) atoms. The van der Waals surface area contributed by atoms with Gasteiger partial charge in [-0.05, 0) is 31.2 Å². The summed E-state index contributed by atoms with van der Waals surface area (Å²) in [7, 11) is 0. The fraction of sp³-hybridized carbons (Fsp3) is 0.118. The van der Waals surface area contributed by atoms with Crippen LogP contribution in [0.25, 0.3) is 10.9 Å². The van der Waals surface area contributed by atoms with E-state index >= 15 is 0 Å². The van der Waals surface area contributed by atoms with Crippen molar-refractivity contribution in [1.82, 2.24) is 4.57 Å². The van der Waals surface area contributed by atoms with Gasteiger partial charge in [0.25, 0.3) is 5.91 Å². The molecule has 1 amide bonds. The molecule has 1 aromatic heterocycles. The van der Waals surface area contributed by atoms with Crippen molar-refractivity contribution in [3.8, 4) is 11.6 Å². The van der Waals surface area contributed by atoms with Crippen LogP contribution in [0.2, 0.25) is 5.02 Å². The van der Waals surface area contributed by atoms with E-state index in [2.05, 4.69) is 10.2 Å². The number of nitrogens with zero attached hydrogens (tertiary/aromatic N) is 3. The van der Waals surface area contributed by atoms with Crippen molar-refractivity contribution in [2.45, 2.75) is 13.5 Å². The molecule has 0 radical (unpaired) electrons. The second kappa shape index (κ2) is 6.33. The van der Waals surface area contributed by atoms with Crippen LogP contribution in [-0.2, 0) is 6.54 Å². The van der Waals surface area contributed by atoms with E-state index in [1.54, 1.807) is 10.6 Å². The van der Waals surface area contributed by atoms with E-state index < -0.39 is 5.91 Å². The number of azo groups is 1. The van der Waals surface area contributed by atoms with Gasteiger partial charge in [-0.15, -0.1) is 10.2 Å². The second-order valence-corrected chi connectivity index (χ2v) is 5.54. The highest BCUT2D eigenvalue weighted by Crippen LogP contribution is 2.38. The minimum atomic E-state index is -0.747. The summed E-state index contributed by atoms with van der Waals surface area (Å²) in [5.41, 5.74) is 0.955. The molecule has 0 unspecified atom stereocenters. The Morgan fingerprint density at radius 2 is 1.96 bits per heavy atom. The van der Waals surface area contributed by atoms with E-state index in [0.29, 0.717) is 17.0 Å². The standard InChI is InChI=1S/C17H14ClN3O3/c1-2-21-13-6-4-3-5-11(13)15(17(21)24)19-20-16(23)12-9-10(18)7-8-14(12)22/h3-9,22,24H,2H2,1H3. The number of aromatic nitrogens is 1. The SMILES string of the molecule is CCn1c(O)c(N=NC(=O)c2cc(Cl)ccc2O)c2ccccc21. The van der Waals surface area contributed by atoms with Crippen molar-refractivity contribution >= 4 is 34.1 Å². The molecule has 0 aliphatic carbocycles. The first-order valence-corrected chi connectivity index (χ1v) is 7.65. The lowest BCUT2D eigenvalue weighted by Gasteiger charge is -2.01. The molecule has 0 spiro atoms. The Labute approximate surface area is 142 Å². The van der Waals surface area contributed by atoms with Crippen LogP contribution < -0.4 is 0 Å². The predicted octanol–water partition coefficient (Wildman–Crippen LogP) is 4.65. The number of hydrogen-bond acceptors (Lipinski definition) is 4. The summed E-state index contributed by atoms with van der Waals surface area (Å²) in [4.78, 5) is 12.1. The lowest BCUT2D eigenvalue weighted by Crippen LogP contribution is -1.94. The minimum absolute atomic E-state index is 0.0510. The summed E-state index contributed by atoms with van der Waals surface area (Å²) >= 11 is 5.82. The van der Waals surface area contributed by atoms with Gasteiger partial charge in [0.2, 0.25) is 5.88 Å². The molecule has 0 aliphatic heterocycles. The van der Waals surface area contributed by atoms with Gasteiger partial charge in [-0.25, -0.2) is 0 Å². The Kier molecular flexibility index (Phi) is 4.22. The zero-order valence-corrected chi connectivity index (χ0v) is 13.5. The van der Waals surface area contributed by atoms with E-state index in [4.69, 9.17) is 11.6 Å². The maximum absolute atomic E-state index is 12.1. The predicted molar refractivity (Wildman–Crippen MR) is 91.2 cm³/mol. The summed E-state index contributed by atoms with van der Waals surface area (Å²) in [5, 5.41) is 28.6. The lowest BCUT2D eigenvalue weighted by atomic mass is 10.2. The first kappa shape index (κ1) is 16.0. The van der Waals surface area contributed by atoms with Crippen LogP contribution in [0.1, 0.15) is 17.3 Å². The number of hydrogen-bond donors (Lipinski definition) is 2. The molecule has 6 nitrogen and oxygen atoms in total. The molecule has 7 heteroatoms. The highest BCUT2D eigenvalue weighted by atomic mass is 35.5. The lowest BCUT2D eigenvalue weighted by molar-refractivity contribution is 0.0992. The largest absolute Gasteiger partial charge is 0.507 e. The molecule has 0 saturated heterocycles. The van der Waals surface area contributed by atoms with Crippen LogP contribution in [0.15, 0.2) is 52.7 Å². The van der Waals surface area contributed by atoms with Crippen molar-refractivity contribution in [3.63, 3.8) is 0 Å². The number of phenolic OH excluding ortho intramolecular Hbond substituents is 1. The van der Waals surface area contributed by atoms with Crippen molar-refractivity contribution in [2.24, 2.45) is 10.2 Å². The van der Waals surface area contributed by atoms with E-state index in [-0.39, 0.29) is 22.9 Å². The number of halogens is 1. The van der Waals surface area contributed by atoms with Gasteiger partial charge in [0.05, 0.1) is 11.1 Å². The molecule has 2 N–H and O–H groups in total. The maximum Gasteiger partial charge on any atom is 0.299 e. The van der Waals surface area contributed by atoms with Gasteiger partial charge < -0.3 is 14.8 Å². The normalized spacial score (nSPS) is 11.4. The van der Waals surface area contributed by atoms with Crippen molar-refractivity contribution < 1.29 is 15.0 Å². The summed E-state index contributed by atoms with van der Waals surface area (Å²) in [6.45, 7) is 2.44. The molecule has 0 atom stereocenters. The van der Waals surface area contributed by atoms with E-state index in [0.717, 1.165) is 5.52 Å². The fourth-order valence-corrected chi connectivity index (χ4v) is 2.69. The molecular weight excluding hydrogens is 330 g/mol. The number of carbonyl (C=O) groups excluding carboxylic acids is 1. The third kappa shape index (κ3) is 2.72. The smallest absolute Gasteiger partial charge is 0.299 e. The van der Waals surface area contributed by atoms with Gasteiger partial charge in [0.15, 0.2) is 5.69 Å². The van der Waals surface area contributed by atoms with Gasteiger partial charge in [0.1, 0.15) is 5.75 Å². The number of fused-ring (bicyclic) bond motifs is 1. The first-order chi connectivity index (χ1) is 11.5. The van der Waals surface area contributed by atoms with Crippen LogP contribution in [0, 0.1) is 0 Å². The molecule has 0 aliphatic rings. The number of rotatable bonds is 3. The fourth-order valence-electron chi connectivity index (χ4n) is 2.52. The molecule has 0 saturated carbocycles. The highest BCUT2D eigenvalue weighted by molar-refractivity contribution is 6.31. The van der Waals surface area contributed by atoms with Gasteiger partial charge in [0, 0.05) is 17.0 Å². The molecule has 0 bridgehead atoms. The summed E-state index contributed by atoms with van der Waals surface area (Å²) < 4.78 is 1.67. The summed E-state index contributed by atoms with van der Waals surface area (Å²) in [5.74, 6) is -1.04. The average molecular weight is 344 g/mol. The summed E-state index contributed by atoms with van der Waals surface area (Å²) in [6, 6.07) is 11.4. The number of aromatic hydroxyl groups is 2. The number of phenols is 1. The third-order valence-corrected chi connectivity index (χ3v) is 3.90. The zero-order chi connectivity index (χ0) is 17.3. The van der Waals surface area contributed by atoms with Crippen LogP contribution in [0.4, 0.5) is 5.69 Å². The van der Waals surface area contributed by atoms with Gasteiger partial charge in [-0.3, -0.25) is 4.79 Å². The molecule has 122 valence electrons. The quantitative estimate of drug-likeness (QED) is 0.678. The highest BCUT2D eigenvalue weighted by Gasteiger charge is 2.16. The Bertz CT molecular complexity index is 963. The van der Waals surface area contributed by atoms with Crippen molar-refractivity contribution in [1.29, 1.82) is 0 Å². The first-order valence-electron chi connectivity index (χ1n) is 7.27. The average Bonchev–Trinajstić information content (AvgIpc) is 2.85. The second-order valence-electron chi connectivity index (χ2n) is 5.10. The van der Waals surface area contributed by atoms with Crippen LogP contribution >= 0.6 is 11.6 Å². The molecule has 1 heterocycles. The Morgan fingerprint density at radius 1 is 1.21 bits per heavy atom. The minimum Gasteiger partial charge on any atom is -0.507 e. The van der Waals surface area contributed by atoms with Gasteiger partial charge >= 0.3 is 0 Å². The Hall–Kier alpha value is -2.86. The molecular formula is C17H14ClN3O3. The molecule has 2 aromatic carbocycles. The van der Waals surface area contributed by atoms with Crippen molar-refractivity contribution in [2.75, 3.05) is 0 Å². The number of amides is 1. The van der Waals surface area contributed by atoms with Gasteiger partial charge in [-0.2, -0.15) is 0 Å². The topological polar surface area (TPSA) is 87.2 Å². The third-order valence-electron chi connectivity index (χ3n) is 3.66. The van der Waals surface area contributed by atoms with Gasteiger partial charge in [-0.1, -0.05) is 29.8 Å². The Balaban J connectivity index is 2.03. The van der Waals surface area contributed by atoms with Crippen LogP contribution in [0.5, 0.6) is 11.6 Å². The maximum atomic E-state index is 12.1. The Morgan fingerprint density at radius 3 is 2.71 bits per heavy atom. The van der Waals surface area contributed by atoms with E-state index in [1.807, 2.05) is 25.1 Å². The monoisotopic (exact) mass is 343 g/mol. The number of carbonyl (C=O) groups is 1. The number of aryl methyl sites for hydroxylation is 1. The molecule has 3 aromatic rings. The zero-order valence-electron chi connectivity index (χ0n) is 12.8. The number of benzene rings is 2. The number of para-hydroxylation sites is 1. The van der Waals surface area contributed by atoms with E-state index in [1.165, 1.54) is 18.2 Å². The summed E-state index contributed by atoms with van der Waals surface area (Å²) in [6.07, 6.45) is 0. The van der Waals surface area contributed by atoms with Crippen molar-refractivity contribution in [3.05, 3.63) is 53.1 Å². The van der Waals surface area contributed by atoms with Crippen LogP contribution in [0.3, 0.4) is 0 Å². The van der Waals surface area contributed by atoms with E-state index in [9.17, 15) is 15.0 Å². The van der Waals surface area contributed by atoms with Crippen LogP contribution in [-0.4, -0.2) is 20.7 Å².